The molecule has 0 amide bonds. The van der Waals surface area contributed by atoms with Crippen molar-refractivity contribution in [3.05, 3.63) is 29.8 Å². The molecule has 0 atom stereocenters. The number of nitrogens with one attached hydrogen (secondary N) is 1. The van der Waals surface area contributed by atoms with Gasteiger partial charge in [-0.3, -0.25) is 5.43 Å². The van der Waals surface area contributed by atoms with Crippen LogP contribution in [0.15, 0.2) is 29.4 Å². The largest absolute Gasteiger partial charge is 0.381 e. The molecule has 17 heavy (non-hydrogen) atoms. The Morgan fingerprint density at radius 3 is 2.76 bits per heavy atom. The summed E-state index contributed by atoms with van der Waals surface area (Å²) in [6, 6.07) is 6.83. The van der Waals surface area contributed by atoms with E-state index >= 15 is 0 Å². The monoisotopic (exact) mass is 256 g/mol. The van der Waals surface area contributed by atoms with E-state index < -0.39 is 16.0 Å². The minimum absolute atomic E-state index is 0.284. The lowest BCUT2D eigenvalue weighted by molar-refractivity contribution is 0.477. The molecule has 0 aromatic heterocycles. The van der Waals surface area contributed by atoms with E-state index in [9.17, 15) is 13.2 Å². The zero-order valence-electron chi connectivity index (χ0n) is 9.21. The van der Waals surface area contributed by atoms with Crippen LogP contribution in [0.1, 0.15) is 12.5 Å². The molecular formula is C10H12N2O4S. The molecule has 1 aromatic rings. The Hall–Kier alpha value is -1.85. The molecule has 0 aliphatic rings. The van der Waals surface area contributed by atoms with E-state index in [1.807, 2.05) is 12.3 Å². The second-order valence-electron chi connectivity index (χ2n) is 3.11. The topological polar surface area (TPSA) is 84.8 Å². The van der Waals surface area contributed by atoms with E-state index in [2.05, 4.69) is 5.10 Å². The predicted octanol–water partition coefficient (Wildman–Crippen LogP) is 0.755. The smallest absolute Gasteiger partial charge is 0.329 e. The lowest BCUT2D eigenvalue weighted by Gasteiger charge is -2.09. The number of isocyanates is 1. The maximum atomic E-state index is 11.5. The molecular weight excluding hydrogens is 244 g/mol. The van der Waals surface area contributed by atoms with Crippen molar-refractivity contribution < 1.29 is 17.4 Å². The Balaban J connectivity index is 2.79. The zero-order chi connectivity index (χ0) is 12.7. The summed E-state index contributed by atoms with van der Waals surface area (Å²) in [6.45, 7) is 1.89. The third-order valence-electron chi connectivity index (χ3n) is 1.94. The molecule has 0 aliphatic heterocycles. The first-order valence-electron chi connectivity index (χ1n) is 4.89. The van der Waals surface area contributed by atoms with Gasteiger partial charge in [0, 0.05) is 0 Å². The molecule has 0 fully saturated rings. The van der Waals surface area contributed by atoms with Crippen LogP contribution < -0.4 is 9.61 Å². The van der Waals surface area contributed by atoms with Crippen molar-refractivity contribution in [1.29, 1.82) is 0 Å². The highest BCUT2D eigenvalue weighted by Crippen LogP contribution is 2.19. The van der Waals surface area contributed by atoms with Crippen LogP contribution in [0, 0.1) is 0 Å². The first kappa shape index (κ1) is 13.2. The van der Waals surface area contributed by atoms with Gasteiger partial charge in [0.15, 0.2) is 5.88 Å². The minimum atomic E-state index is -3.82. The molecule has 0 heterocycles. The van der Waals surface area contributed by atoms with Gasteiger partial charge < -0.3 is 4.18 Å². The van der Waals surface area contributed by atoms with Gasteiger partial charge in [0.2, 0.25) is 0 Å². The molecule has 92 valence electrons. The standard InChI is InChI=1S/C10H12N2O4S/c1-2-9-5-3-4-6-10(9)16-17(14,15)8-12-11-7-13/h3-6,12H,2,8H2,1H3. The zero-order valence-corrected chi connectivity index (χ0v) is 10.0. The number of hydrogen-bond donors (Lipinski definition) is 1. The molecule has 0 saturated carbocycles. The van der Waals surface area contributed by atoms with Crippen molar-refractivity contribution >= 4 is 16.2 Å². The van der Waals surface area contributed by atoms with Crippen LogP contribution in [0.5, 0.6) is 5.75 Å². The highest BCUT2D eigenvalue weighted by molar-refractivity contribution is 7.87. The summed E-state index contributed by atoms with van der Waals surface area (Å²) >= 11 is 0. The first-order valence-corrected chi connectivity index (χ1v) is 6.46. The molecule has 1 aromatic carbocycles. The summed E-state index contributed by atoms with van der Waals surface area (Å²) in [5, 5.41) is 2.93. The van der Waals surface area contributed by atoms with E-state index in [0.717, 1.165) is 5.56 Å². The number of hydrogen-bond acceptors (Lipinski definition) is 6. The maximum absolute atomic E-state index is 11.5. The van der Waals surface area contributed by atoms with Gasteiger partial charge in [-0.05, 0) is 18.1 Å². The lowest BCUT2D eigenvalue weighted by Crippen LogP contribution is -2.23. The van der Waals surface area contributed by atoms with Crippen LogP contribution in [0.3, 0.4) is 0 Å². The third-order valence-corrected chi connectivity index (χ3v) is 2.85. The van der Waals surface area contributed by atoms with Gasteiger partial charge in [-0.25, -0.2) is 4.79 Å². The van der Waals surface area contributed by atoms with Gasteiger partial charge in [-0.1, -0.05) is 30.2 Å². The molecule has 0 radical (unpaired) electrons. The average molecular weight is 256 g/mol. The fraction of sp³-hybridized carbons (Fsp3) is 0.300. The normalized spacial score (nSPS) is 10.4. The molecule has 0 bridgehead atoms. The summed E-state index contributed by atoms with van der Waals surface area (Å²) in [5.41, 5.74) is 2.81. The second-order valence-corrected chi connectivity index (χ2v) is 4.68. The van der Waals surface area contributed by atoms with Crippen molar-refractivity contribution in [2.24, 2.45) is 5.10 Å². The van der Waals surface area contributed by atoms with Crippen LogP contribution in [-0.4, -0.2) is 20.4 Å². The van der Waals surface area contributed by atoms with E-state index in [1.165, 1.54) is 6.08 Å². The molecule has 7 heteroatoms. The fourth-order valence-corrected chi connectivity index (χ4v) is 1.90. The van der Waals surface area contributed by atoms with E-state index in [1.54, 1.807) is 24.3 Å². The Labute approximate surface area is 99.4 Å². The summed E-state index contributed by atoms with van der Waals surface area (Å²) in [6.07, 6.45) is 1.83. The maximum Gasteiger partial charge on any atom is 0.329 e. The molecule has 1 rings (SSSR count). The van der Waals surface area contributed by atoms with Crippen molar-refractivity contribution in [2.75, 3.05) is 5.88 Å². The third kappa shape index (κ3) is 4.26. The van der Waals surface area contributed by atoms with E-state index in [0.29, 0.717) is 6.42 Å². The van der Waals surface area contributed by atoms with Crippen LogP contribution in [0.25, 0.3) is 0 Å². The Morgan fingerprint density at radius 2 is 2.12 bits per heavy atom. The summed E-state index contributed by atoms with van der Waals surface area (Å²) in [5.74, 6) is -0.299. The number of nitrogens with zero attached hydrogens (tertiary/aromatic N) is 1. The molecule has 6 nitrogen and oxygen atoms in total. The molecule has 0 saturated heterocycles. The van der Waals surface area contributed by atoms with Crippen LogP contribution in [0.2, 0.25) is 0 Å². The molecule has 0 spiro atoms. The minimum Gasteiger partial charge on any atom is -0.381 e. The van der Waals surface area contributed by atoms with Gasteiger partial charge in [-0.15, -0.1) is 0 Å². The number of benzene rings is 1. The van der Waals surface area contributed by atoms with Crippen LogP contribution in [-0.2, 0) is 21.3 Å². The molecule has 1 N–H and O–H groups in total. The van der Waals surface area contributed by atoms with Gasteiger partial charge in [0.25, 0.3) is 6.08 Å². The summed E-state index contributed by atoms with van der Waals surface area (Å²) in [7, 11) is -3.82. The van der Waals surface area contributed by atoms with Gasteiger partial charge in [0.05, 0.1) is 0 Å². The highest BCUT2D eigenvalue weighted by Gasteiger charge is 2.13. The van der Waals surface area contributed by atoms with E-state index in [-0.39, 0.29) is 5.75 Å². The Kier molecular flexibility index (Phi) is 4.68. The van der Waals surface area contributed by atoms with Crippen molar-refractivity contribution in [2.45, 2.75) is 13.3 Å². The average Bonchev–Trinajstić information content (AvgIpc) is 2.29. The van der Waals surface area contributed by atoms with Crippen molar-refractivity contribution in [1.82, 2.24) is 5.43 Å². The summed E-state index contributed by atoms with van der Waals surface area (Å²) in [4.78, 5) is 9.76. The molecule has 0 aliphatic carbocycles. The number of para-hydroxylation sites is 1. The highest BCUT2D eigenvalue weighted by atomic mass is 32.2. The summed E-state index contributed by atoms with van der Waals surface area (Å²) < 4.78 is 27.8. The predicted molar refractivity (Wildman–Crippen MR) is 61.5 cm³/mol. The first-order chi connectivity index (χ1) is 8.09. The quantitative estimate of drug-likeness (QED) is 0.351. The van der Waals surface area contributed by atoms with Crippen molar-refractivity contribution in [3.63, 3.8) is 0 Å². The Bertz CT molecular complexity index is 521. The van der Waals surface area contributed by atoms with E-state index in [4.69, 9.17) is 4.18 Å². The second kappa shape index (κ2) is 6.03. The van der Waals surface area contributed by atoms with Crippen LogP contribution >= 0.6 is 0 Å². The number of rotatable bonds is 6. The molecule has 0 unspecified atom stereocenters. The lowest BCUT2D eigenvalue weighted by atomic mass is 10.1. The number of hydrazone groups is 1. The van der Waals surface area contributed by atoms with Crippen LogP contribution in [0.4, 0.5) is 0 Å². The number of carbonyl (C=O) groups excluding carboxylic acids is 1. The fourth-order valence-electron chi connectivity index (χ4n) is 1.19. The van der Waals surface area contributed by atoms with Gasteiger partial charge >= 0.3 is 10.1 Å². The van der Waals surface area contributed by atoms with Gasteiger partial charge in [0.1, 0.15) is 5.75 Å². The SMILES string of the molecule is CCc1ccccc1OS(=O)(=O)CNN=C=O. The van der Waals surface area contributed by atoms with Gasteiger partial charge in [-0.2, -0.15) is 8.42 Å². The Morgan fingerprint density at radius 1 is 1.41 bits per heavy atom. The number of aryl methyl sites for hydroxylation is 1. The van der Waals surface area contributed by atoms with Crippen molar-refractivity contribution in [3.8, 4) is 5.75 Å².